The van der Waals surface area contributed by atoms with Gasteiger partial charge in [0.2, 0.25) is 5.91 Å². The van der Waals surface area contributed by atoms with Gasteiger partial charge in [0.15, 0.2) is 5.82 Å². The predicted molar refractivity (Wildman–Crippen MR) is 119 cm³/mol. The maximum atomic E-state index is 12.7. The molecule has 162 valence electrons. The van der Waals surface area contributed by atoms with Crippen LogP contribution >= 0.6 is 24.8 Å². The van der Waals surface area contributed by atoms with Crippen molar-refractivity contribution < 1.29 is 4.79 Å². The number of carbonyl (C=O) groups is 1. The van der Waals surface area contributed by atoms with Crippen LogP contribution < -0.4 is 5.73 Å². The van der Waals surface area contributed by atoms with Crippen molar-refractivity contribution in [3.05, 3.63) is 65.8 Å². The second-order valence-electron chi connectivity index (χ2n) is 7.12. The van der Waals surface area contributed by atoms with Crippen molar-refractivity contribution >= 4 is 30.7 Å². The zero-order chi connectivity index (χ0) is 19.3. The minimum atomic E-state index is -0.569. The van der Waals surface area contributed by atoms with E-state index in [1.54, 1.807) is 12.5 Å². The molecule has 3 heterocycles. The van der Waals surface area contributed by atoms with Gasteiger partial charge in [-0.2, -0.15) is 5.10 Å². The number of aromatic amines is 1. The third-order valence-corrected chi connectivity index (χ3v) is 5.08. The second kappa shape index (κ2) is 11.1. The summed E-state index contributed by atoms with van der Waals surface area (Å²) >= 11 is 0. The predicted octanol–water partition coefficient (Wildman–Crippen LogP) is 1.58. The lowest BCUT2D eigenvalue weighted by molar-refractivity contribution is -0.132. The molecular weight excluding hydrogens is 425 g/mol. The number of benzene rings is 1. The quantitative estimate of drug-likeness (QED) is 0.591. The number of hydrogen-bond donors (Lipinski definition) is 2. The van der Waals surface area contributed by atoms with E-state index in [1.165, 1.54) is 5.56 Å². The first-order chi connectivity index (χ1) is 13.7. The summed E-state index contributed by atoms with van der Waals surface area (Å²) in [5.74, 6) is 1.78. The molecule has 1 amide bonds. The number of rotatable bonds is 6. The van der Waals surface area contributed by atoms with Crippen LogP contribution in [0, 0.1) is 0 Å². The number of hydrogen-bond acceptors (Lipinski definition) is 5. The lowest BCUT2D eigenvalue weighted by Crippen LogP contribution is -2.46. The van der Waals surface area contributed by atoms with Gasteiger partial charge in [-0.05, 0) is 12.0 Å². The summed E-state index contributed by atoms with van der Waals surface area (Å²) in [4.78, 5) is 26.2. The summed E-state index contributed by atoms with van der Waals surface area (Å²) in [5, 5.41) is 4.65. The molecule has 4 rings (SSSR count). The van der Waals surface area contributed by atoms with Gasteiger partial charge in [-0.25, -0.2) is 14.6 Å². The van der Waals surface area contributed by atoms with Gasteiger partial charge >= 0.3 is 0 Å². The monoisotopic (exact) mass is 451 g/mol. The highest BCUT2D eigenvalue weighted by Crippen LogP contribution is 2.11. The summed E-state index contributed by atoms with van der Waals surface area (Å²) in [6.07, 6.45) is 6.20. The molecule has 1 atom stereocenters. The average Bonchev–Trinajstić information content (AvgIpc) is 3.32. The van der Waals surface area contributed by atoms with Crippen LogP contribution in [0.1, 0.15) is 22.9 Å². The summed E-state index contributed by atoms with van der Waals surface area (Å²) in [5.41, 5.74) is 8.27. The molecule has 3 aromatic rings. The first-order valence-corrected chi connectivity index (χ1v) is 9.67. The third kappa shape index (κ3) is 5.81. The fraction of sp³-hybridized carbons (Fsp3) is 0.400. The van der Waals surface area contributed by atoms with Gasteiger partial charge in [-0.3, -0.25) is 4.79 Å². The van der Waals surface area contributed by atoms with Gasteiger partial charge < -0.3 is 15.6 Å². The van der Waals surface area contributed by atoms with Crippen LogP contribution in [0.25, 0.3) is 0 Å². The standard InChI is InChI=1S/C20H25N7O.2ClH/c21-17(12-16-13-22-14-23-16)20(28)26-9-8-19-24-18(25-27(19)11-10-26)7-6-15-4-2-1-3-5-15;;/h1-5,13-14,17H,6-12,21H2,(H,22,23);2*1H/t17-;;/m0../s1. The van der Waals surface area contributed by atoms with E-state index < -0.39 is 6.04 Å². The van der Waals surface area contributed by atoms with Gasteiger partial charge in [0.1, 0.15) is 5.82 Å². The summed E-state index contributed by atoms with van der Waals surface area (Å²) < 4.78 is 1.94. The van der Waals surface area contributed by atoms with Crippen LogP contribution in [0.3, 0.4) is 0 Å². The van der Waals surface area contributed by atoms with Crippen molar-refractivity contribution in [1.82, 2.24) is 29.6 Å². The summed E-state index contributed by atoms with van der Waals surface area (Å²) in [6, 6.07) is 9.80. The molecule has 0 spiro atoms. The van der Waals surface area contributed by atoms with Crippen molar-refractivity contribution in [3.8, 4) is 0 Å². The molecule has 3 N–H and O–H groups in total. The topological polar surface area (TPSA) is 106 Å². The molecule has 0 saturated carbocycles. The largest absolute Gasteiger partial charge is 0.348 e. The molecule has 1 aliphatic heterocycles. The van der Waals surface area contributed by atoms with E-state index in [2.05, 4.69) is 27.2 Å². The average molecular weight is 452 g/mol. The number of imidazole rings is 1. The van der Waals surface area contributed by atoms with E-state index in [4.69, 9.17) is 10.7 Å². The van der Waals surface area contributed by atoms with Crippen LogP contribution in [0.4, 0.5) is 0 Å². The van der Waals surface area contributed by atoms with Crippen molar-refractivity contribution in [3.63, 3.8) is 0 Å². The first-order valence-electron chi connectivity index (χ1n) is 9.67. The molecule has 30 heavy (non-hydrogen) atoms. The lowest BCUT2D eigenvalue weighted by atomic mass is 10.1. The number of aromatic nitrogens is 5. The molecule has 0 radical (unpaired) electrons. The van der Waals surface area contributed by atoms with Crippen molar-refractivity contribution in [2.24, 2.45) is 5.73 Å². The van der Waals surface area contributed by atoms with Crippen LogP contribution in [0.5, 0.6) is 0 Å². The molecule has 1 aromatic carbocycles. The third-order valence-electron chi connectivity index (χ3n) is 5.08. The minimum Gasteiger partial charge on any atom is -0.348 e. The van der Waals surface area contributed by atoms with Gasteiger partial charge in [0.25, 0.3) is 0 Å². The van der Waals surface area contributed by atoms with Crippen LogP contribution in [-0.4, -0.2) is 54.7 Å². The Hall–Kier alpha value is -2.42. The Morgan fingerprint density at radius 1 is 1.13 bits per heavy atom. The number of carbonyl (C=O) groups excluding carboxylic acids is 1. The zero-order valence-corrected chi connectivity index (χ0v) is 18.2. The highest BCUT2D eigenvalue weighted by molar-refractivity contribution is 5.85. The number of nitrogens with zero attached hydrogens (tertiary/aromatic N) is 5. The Bertz CT molecular complexity index is 889. The zero-order valence-electron chi connectivity index (χ0n) is 16.6. The SMILES string of the molecule is Cl.Cl.N[C@@H](Cc1cnc[nH]1)C(=O)N1CCc2nc(CCc3ccccc3)nn2CC1. The smallest absolute Gasteiger partial charge is 0.239 e. The number of nitrogens with one attached hydrogen (secondary N) is 1. The van der Waals surface area contributed by atoms with E-state index in [9.17, 15) is 4.79 Å². The Morgan fingerprint density at radius 3 is 2.67 bits per heavy atom. The maximum absolute atomic E-state index is 12.7. The molecule has 1 aliphatic rings. The number of amides is 1. The lowest BCUT2D eigenvalue weighted by Gasteiger charge is -2.23. The van der Waals surface area contributed by atoms with E-state index in [1.807, 2.05) is 27.8 Å². The van der Waals surface area contributed by atoms with Crippen LogP contribution in [0.2, 0.25) is 0 Å². The van der Waals surface area contributed by atoms with Crippen molar-refractivity contribution in [1.29, 1.82) is 0 Å². The summed E-state index contributed by atoms with van der Waals surface area (Å²) in [7, 11) is 0. The molecule has 8 nitrogen and oxygen atoms in total. The Balaban J connectivity index is 0.00000160. The number of fused-ring (bicyclic) bond motifs is 1. The molecular formula is C20H27Cl2N7O. The highest BCUT2D eigenvalue weighted by Gasteiger charge is 2.25. The number of halogens is 2. The molecule has 10 heteroatoms. The van der Waals surface area contributed by atoms with E-state index in [0.717, 1.165) is 30.2 Å². The second-order valence-corrected chi connectivity index (χ2v) is 7.12. The molecule has 0 saturated heterocycles. The number of aryl methyl sites for hydroxylation is 2. The number of H-pyrrole nitrogens is 1. The van der Waals surface area contributed by atoms with Gasteiger partial charge in [-0.15, -0.1) is 24.8 Å². The Labute approximate surface area is 188 Å². The van der Waals surface area contributed by atoms with Crippen LogP contribution in [0.15, 0.2) is 42.9 Å². The van der Waals surface area contributed by atoms with Crippen molar-refractivity contribution in [2.45, 2.75) is 38.3 Å². The van der Waals surface area contributed by atoms with Gasteiger partial charge in [0.05, 0.1) is 18.9 Å². The minimum absolute atomic E-state index is 0. The van der Waals surface area contributed by atoms with E-state index in [-0.39, 0.29) is 30.7 Å². The normalized spacial score (nSPS) is 14.1. The molecule has 0 aliphatic carbocycles. The van der Waals surface area contributed by atoms with E-state index >= 15 is 0 Å². The fourth-order valence-corrected chi connectivity index (χ4v) is 3.53. The molecule has 0 fully saturated rings. The van der Waals surface area contributed by atoms with Gasteiger partial charge in [0, 0.05) is 44.2 Å². The van der Waals surface area contributed by atoms with Crippen LogP contribution in [-0.2, 0) is 37.0 Å². The molecule has 0 bridgehead atoms. The highest BCUT2D eigenvalue weighted by atomic mass is 35.5. The van der Waals surface area contributed by atoms with E-state index in [0.29, 0.717) is 32.5 Å². The Morgan fingerprint density at radius 2 is 1.93 bits per heavy atom. The molecule has 2 aromatic heterocycles. The maximum Gasteiger partial charge on any atom is 0.239 e. The number of nitrogens with two attached hydrogens (primary N) is 1. The fourth-order valence-electron chi connectivity index (χ4n) is 3.53. The molecule has 0 unspecified atom stereocenters. The first kappa shape index (κ1) is 23.9. The Kier molecular flexibility index (Phi) is 8.83. The van der Waals surface area contributed by atoms with Gasteiger partial charge in [-0.1, -0.05) is 30.3 Å². The van der Waals surface area contributed by atoms with Crippen molar-refractivity contribution in [2.75, 3.05) is 13.1 Å². The summed E-state index contributed by atoms with van der Waals surface area (Å²) in [6.45, 7) is 1.87.